The van der Waals surface area contributed by atoms with Gasteiger partial charge in [0.05, 0.1) is 5.56 Å². The average molecular weight is 231 g/mol. The third-order valence-corrected chi connectivity index (χ3v) is 2.96. The van der Waals surface area contributed by atoms with Gasteiger partial charge in [-0.05, 0) is 24.5 Å². The maximum atomic E-state index is 12.5. The summed E-state index contributed by atoms with van der Waals surface area (Å²) in [5.41, 5.74) is -0.0871. The number of aromatic nitrogens is 1. The lowest BCUT2D eigenvalue weighted by Crippen LogP contribution is -2.04. The maximum absolute atomic E-state index is 12.5. The average Bonchev–Trinajstić information content (AvgIpc) is 2.62. The molecule has 2 rings (SSSR count). The highest BCUT2D eigenvalue weighted by Gasteiger charge is 2.31. The number of benzene rings is 1. The highest BCUT2D eigenvalue weighted by Crippen LogP contribution is 2.35. The molecular formula is C10H8F3NS. The van der Waals surface area contributed by atoms with Gasteiger partial charge in [0.2, 0.25) is 0 Å². The van der Waals surface area contributed by atoms with E-state index in [9.17, 15) is 13.2 Å². The largest absolute Gasteiger partial charge is 0.416 e. The number of alkyl halides is 3. The van der Waals surface area contributed by atoms with Gasteiger partial charge in [-0.1, -0.05) is 0 Å². The monoisotopic (exact) mass is 231 g/mol. The molecule has 0 aliphatic rings. The van der Waals surface area contributed by atoms with Crippen LogP contribution in [0.25, 0.3) is 10.9 Å². The topological polar surface area (TPSA) is 15.8 Å². The van der Waals surface area contributed by atoms with Gasteiger partial charge >= 0.3 is 6.18 Å². The number of aromatic amines is 1. The molecule has 1 heterocycles. The number of thioether (sulfide) groups is 1. The molecule has 1 aromatic heterocycles. The third kappa shape index (κ3) is 1.84. The van der Waals surface area contributed by atoms with Crippen molar-refractivity contribution in [3.63, 3.8) is 0 Å². The zero-order valence-corrected chi connectivity index (χ0v) is 8.67. The van der Waals surface area contributed by atoms with E-state index in [4.69, 9.17) is 0 Å². The predicted octanol–water partition coefficient (Wildman–Crippen LogP) is 3.91. The van der Waals surface area contributed by atoms with E-state index >= 15 is 0 Å². The van der Waals surface area contributed by atoms with Crippen LogP contribution in [0.2, 0.25) is 0 Å². The highest BCUT2D eigenvalue weighted by molar-refractivity contribution is 7.98. The van der Waals surface area contributed by atoms with E-state index in [-0.39, 0.29) is 0 Å². The Labute approximate surface area is 88.7 Å². The Morgan fingerprint density at radius 2 is 2.00 bits per heavy atom. The van der Waals surface area contributed by atoms with Crippen LogP contribution < -0.4 is 0 Å². The molecular weight excluding hydrogens is 223 g/mol. The Morgan fingerprint density at radius 3 is 2.60 bits per heavy atom. The van der Waals surface area contributed by atoms with Gasteiger partial charge in [0, 0.05) is 22.0 Å². The normalized spacial score (nSPS) is 12.3. The highest BCUT2D eigenvalue weighted by atomic mass is 32.2. The molecule has 5 heteroatoms. The van der Waals surface area contributed by atoms with Gasteiger partial charge < -0.3 is 4.98 Å². The second-order valence-electron chi connectivity index (χ2n) is 3.12. The van der Waals surface area contributed by atoms with Gasteiger partial charge in [-0.25, -0.2) is 0 Å². The van der Waals surface area contributed by atoms with Crippen LogP contribution in [0, 0.1) is 0 Å². The van der Waals surface area contributed by atoms with Crippen molar-refractivity contribution >= 4 is 22.7 Å². The molecule has 1 aromatic carbocycles. The lowest BCUT2D eigenvalue weighted by molar-refractivity contribution is -0.137. The van der Waals surface area contributed by atoms with Crippen LogP contribution in [0.15, 0.2) is 29.3 Å². The Kier molecular flexibility index (Phi) is 2.42. The maximum Gasteiger partial charge on any atom is 0.416 e. The zero-order valence-electron chi connectivity index (χ0n) is 7.85. The first kappa shape index (κ1) is 10.4. The minimum absolute atomic E-state index is 0.522. The summed E-state index contributed by atoms with van der Waals surface area (Å²) < 4.78 is 37.5. The van der Waals surface area contributed by atoms with Crippen molar-refractivity contribution in [2.24, 2.45) is 0 Å². The number of halogens is 3. The molecule has 2 aromatic rings. The summed E-state index contributed by atoms with van der Waals surface area (Å²) >= 11 is 1.31. The Balaban J connectivity index is 2.69. The molecule has 80 valence electrons. The first-order valence-electron chi connectivity index (χ1n) is 4.24. The molecule has 0 radical (unpaired) electrons. The molecule has 0 saturated heterocycles. The van der Waals surface area contributed by atoms with Crippen molar-refractivity contribution in [2.45, 2.75) is 11.1 Å². The van der Waals surface area contributed by atoms with Crippen molar-refractivity contribution in [1.82, 2.24) is 4.98 Å². The lowest BCUT2D eigenvalue weighted by Gasteiger charge is -2.08. The summed E-state index contributed by atoms with van der Waals surface area (Å²) in [5, 5.41) is 0.829. The number of fused-ring (bicyclic) bond motifs is 1. The van der Waals surface area contributed by atoms with Crippen molar-refractivity contribution in [3.05, 3.63) is 30.0 Å². The molecule has 0 unspecified atom stereocenters. The molecule has 0 amide bonds. The third-order valence-electron chi connectivity index (χ3n) is 2.18. The predicted molar refractivity (Wildman–Crippen MR) is 55.1 cm³/mol. The summed E-state index contributed by atoms with van der Waals surface area (Å²) in [6.45, 7) is 0. The molecule has 15 heavy (non-hydrogen) atoms. The van der Waals surface area contributed by atoms with Crippen LogP contribution in [0.1, 0.15) is 5.56 Å². The van der Waals surface area contributed by atoms with Gasteiger partial charge in [-0.3, -0.25) is 0 Å². The molecule has 1 nitrogen and oxygen atoms in total. The van der Waals surface area contributed by atoms with Gasteiger partial charge in [-0.15, -0.1) is 11.8 Å². The Bertz CT molecular complexity index is 487. The van der Waals surface area contributed by atoms with Crippen LogP contribution in [-0.2, 0) is 6.18 Å². The van der Waals surface area contributed by atoms with E-state index in [2.05, 4.69) is 4.98 Å². The van der Waals surface area contributed by atoms with Crippen molar-refractivity contribution < 1.29 is 13.2 Å². The van der Waals surface area contributed by atoms with E-state index < -0.39 is 11.7 Å². The standard InChI is InChI=1S/C10H8F3NS/c1-15-9-5-6(10(11,12)13)4-8-7(9)2-3-14-8/h2-5,14H,1H3. The van der Waals surface area contributed by atoms with Crippen molar-refractivity contribution in [3.8, 4) is 0 Å². The molecule has 0 atom stereocenters. The molecule has 0 aliphatic heterocycles. The van der Waals surface area contributed by atoms with Crippen LogP contribution in [0.3, 0.4) is 0 Å². The fourth-order valence-electron chi connectivity index (χ4n) is 1.47. The summed E-state index contributed by atoms with van der Waals surface area (Å²) in [4.78, 5) is 3.43. The summed E-state index contributed by atoms with van der Waals surface area (Å²) in [7, 11) is 0. The molecule has 0 saturated carbocycles. The molecule has 0 fully saturated rings. The first-order valence-corrected chi connectivity index (χ1v) is 5.47. The number of rotatable bonds is 1. The SMILES string of the molecule is CSc1cc(C(F)(F)F)cc2[nH]ccc12. The smallest absolute Gasteiger partial charge is 0.361 e. The van der Waals surface area contributed by atoms with E-state index in [0.717, 1.165) is 11.5 Å². The fourth-order valence-corrected chi connectivity index (χ4v) is 2.11. The lowest BCUT2D eigenvalue weighted by atomic mass is 10.1. The number of nitrogens with one attached hydrogen (secondary N) is 1. The molecule has 0 spiro atoms. The van der Waals surface area contributed by atoms with E-state index in [0.29, 0.717) is 10.4 Å². The number of hydrogen-bond acceptors (Lipinski definition) is 1. The van der Waals surface area contributed by atoms with Gasteiger partial charge in [0.15, 0.2) is 0 Å². The molecule has 0 bridgehead atoms. The van der Waals surface area contributed by atoms with Crippen molar-refractivity contribution in [2.75, 3.05) is 6.26 Å². The molecule has 1 N–H and O–H groups in total. The second kappa shape index (κ2) is 3.48. The van der Waals surface area contributed by atoms with E-state index in [1.54, 1.807) is 18.5 Å². The summed E-state index contributed by atoms with van der Waals surface area (Å²) in [6.07, 6.45) is -0.879. The van der Waals surface area contributed by atoms with Gasteiger partial charge in [0.25, 0.3) is 0 Å². The van der Waals surface area contributed by atoms with E-state index in [1.165, 1.54) is 17.8 Å². The van der Waals surface area contributed by atoms with E-state index in [1.807, 2.05) is 0 Å². The summed E-state index contributed by atoms with van der Waals surface area (Å²) in [6, 6.07) is 4.09. The Morgan fingerprint density at radius 1 is 1.27 bits per heavy atom. The van der Waals surface area contributed by atoms with Gasteiger partial charge in [-0.2, -0.15) is 13.2 Å². The zero-order chi connectivity index (χ0) is 11.1. The Hall–Kier alpha value is -1.10. The van der Waals surface area contributed by atoms with Crippen LogP contribution >= 0.6 is 11.8 Å². The van der Waals surface area contributed by atoms with Crippen LogP contribution in [-0.4, -0.2) is 11.2 Å². The fraction of sp³-hybridized carbons (Fsp3) is 0.200. The van der Waals surface area contributed by atoms with Crippen molar-refractivity contribution in [1.29, 1.82) is 0 Å². The molecule has 0 aliphatic carbocycles. The quantitative estimate of drug-likeness (QED) is 0.736. The minimum atomic E-state index is -4.29. The number of H-pyrrole nitrogens is 1. The number of hydrogen-bond donors (Lipinski definition) is 1. The van der Waals surface area contributed by atoms with Crippen LogP contribution in [0.5, 0.6) is 0 Å². The first-order chi connectivity index (χ1) is 7.02. The van der Waals surface area contributed by atoms with Crippen LogP contribution in [0.4, 0.5) is 13.2 Å². The van der Waals surface area contributed by atoms with Gasteiger partial charge in [0.1, 0.15) is 0 Å². The summed E-state index contributed by atoms with van der Waals surface area (Å²) in [5.74, 6) is 0. The second-order valence-corrected chi connectivity index (χ2v) is 3.96. The minimum Gasteiger partial charge on any atom is -0.361 e.